The molecule has 7 heteroatoms. The molecule has 1 N–H and O–H groups in total. The highest BCUT2D eigenvalue weighted by atomic mass is 35.5. The van der Waals surface area contributed by atoms with Gasteiger partial charge < -0.3 is 5.32 Å². The maximum Gasteiger partial charge on any atom is 0.183 e. The van der Waals surface area contributed by atoms with Crippen LogP contribution in [-0.4, -0.2) is 11.3 Å². The number of pyridine rings is 1. The van der Waals surface area contributed by atoms with Crippen molar-refractivity contribution in [3.63, 3.8) is 0 Å². The number of nitrogens with zero attached hydrogens (tertiary/aromatic N) is 2. The van der Waals surface area contributed by atoms with E-state index >= 15 is 0 Å². The van der Waals surface area contributed by atoms with Crippen molar-refractivity contribution in [3.05, 3.63) is 57.0 Å². The molecule has 0 fully saturated rings. The highest BCUT2D eigenvalue weighted by Crippen LogP contribution is 2.28. The number of anilines is 1. The Morgan fingerprint density at radius 1 is 1.43 bits per heavy atom. The summed E-state index contributed by atoms with van der Waals surface area (Å²) >= 11 is 5.66. The Hall–Kier alpha value is -2.34. The van der Waals surface area contributed by atoms with Crippen molar-refractivity contribution in [2.45, 2.75) is 13.5 Å². The highest BCUT2D eigenvalue weighted by molar-refractivity contribution is 6.30. The summed E-state index contributed by atoms with van der Waals surface area (Å²) in [6, 6.07) is 6.68. The monoisotopic (exact) mass is 307 g/mol. The molecule has 1 heterocycles. The van der Waals surface area contributed by atoms with Gasteiger partial charge in [0.15, 0.2) is 17.3 Å². The van der Waals surface area contributed by atoms with Crippen LogP contribution in [0.3, 0.4) is 0 Å². The van der Waals surface area contributed by atoms with E-state index in [-0.39, 0.29) is 28.8 Å². The Bertz CT molecular complexity index is 707. The molecule has 0 spiro atoms. The van der Waals surface area contributed by atoms with Crippen molar-refractivity contribution in [2.24, 2.45) is 5.18 Å². The van der Waals surface area contributed by atoms with E-state index in [9.17, 15) is 14.1 Å². The second-order valence-electron chi connectivity index (χ2n) is 4.29. The van der Waals surface area contributed by atoms with Crippen LogP contribution in [-0.2, 0) is 6.54 Å². The van der Waals surface area contributed by atoms with Crippen LogP contribution in [0.15, 0.2) is 29.4 Å². The zero-order valence-corrected chi connectivity index (χ0v) is 11.8. The predicted molar refractivity (Wildman–Crippen MR) is 78.6 cm³/mol. The summed E-state index contributed by atoms with van der Waals surface area (Å²) in [5.41, 5.74) is 1.36. The number of rotatable bonds is 5. The van der Waals surface area contributed by atoms with Crippen molar-refractivity contribution in [1.29, 1.82) is 0 Å². The van der Waals surface area contributed by atoms with Gasteiger partial charge in [-0.15, -0.1) is 4.91 Å². The van der Waals surface area contributed by atoms with Gasteiger partial charge in [-0.3, -0.25) is 4.79 Å². The van der Waals surface area contributed by atoms with Gasteiger partial charge in [-0.1, -0.05) is 29.8 Å². The number of aromatic nitrogens is 1. The molecule has 0 aliphatic carbocycles. The molecule has 108 valence electrons. The van der Waals surface area contributed by atoms with E-state index in [0.717, 1.165) is 0 Å². The first-order valence-corrected chi connectivity index (χ1v) is 6.42. The standard InChI is InChI=1S/C14H11ClFN3O2/c1-8-11(7-20)18-14(15)12(16)13(8)17-6-9-4-2-3-5-10(9)19-21/h2-5,7H,6H2,1H3,(H,17,18). The fourth-order valence-electron chi connectivity index (χ4n) is 1.89. The summed E-state index contributed by atoms with van der Waals surface area (Å²) in [4.78, 5) is 25.2. The first kappa shape index (κ1) is 15.1. The van der Waals surface area contributed by atoms with E-state index in [4.69, 9.17) is 11.6 Å². The van der Waals surface area contributed by atoms with Crippen molar-refractivity contribution in [1.82, 2.24) is 4.98 Å². The fraction of sp³-hybridized carbons (Fsp3) is 0.143. The maximum atomic E-state index is 14.0. The first-order valence-electron chi connectivity index (χ1n) is 6.04. The van der Waals surface area contributed by atoms with Crippen molar-refractivity contribution < 1.29 is 9.18 Å². The van der Waals surface area contributed by atoms with Crippen molar-refractivity contribution in [3.8, 4) is 0 Å². The van der Waals surface area contributed by atoms with Crippen LogP contribution >= 0.6 is 11.6 Å². The molecule has 0 atom stereocenters. The molecule has 0 amide bonds. The van der Waals surface area contributed by atoms with Gasteiger partial charge in [0.05, 0.1) is 5.69 Å². The summed E-state index contributed by atoms with van der Waals surface area (Å²) in [6.45, 7) is 1.72. The molecule has 0 aliphatic heterocycles. The topological polar surface area (TPSA) is 71.4 Å². The predicted octanol–water partition coefficient (Wildman–Crippen LogP) is 4.01. The fourth-order valence-corrected chi connectivity index (χ4v) is 2.08. The number of halogens is 2. The molecule has 1 aromatic heterocycles. The van der Waals surface area contributed by atoms with Gasteiger partial charge in [0.2, 0.25) is 0 Å². The molecular formula is C14H11ClFN3O2. The van der Waals surface area contributed by atoms with E-state index < -0.39 is 5.82 Å². The van der Waals surface area contributed by atoms with Gasteiger partial charge in [-0.2, -0.15) is 0 Å². The molecule has 0 bridgehead atoms. The lowest BCUT2D eigenvalue weighted by Crippen LogP contribution is -2.07. The lowest BCUT2D eigenvalue weighted by molar-refractivity contribution is 0.111. The summed E-state index contributed by atoms with van der Waals surface area (Å²) in [6.07, 6.45) is 0.507. The van der Waals surface area contributed by atoms with Gasteiger partial charge in [-0.05, 0) is 18.2 Å². The third-order valence-electron chi connectivity index (χ3n) is 3.04. The molecule has 5 nitrogen and oxygen atoms in total. The van der Waals surface area contributed by atoms with E-state index in [1.165, 1.54) is 0 Å². The largest absolute Gasteiger partial charge is 0.378 e. The number of aldehydes is 1. The molecular weight excluding hydrogens is 297 g/mol. The van der Waals surface area contributed by atoms with Crippen molar-refractivity contribution in [2.75, 3.05) is 5.32 Å². The molecule has 0 aliphatic rings. The number of nitroso groups, excluding NO2 is 1. The van der Waals surface area contributed by atoms with E-state index in [2.05, 4.69) is 15.5 Å². The Morgan fingerprint density at radius 3 is 2.81 bits per heavy atom. The van der Waals surface area contributed by atoms with Crippen LogP contribution in [0.25, 0.3) is 0 Å². The number of benzene rings is 1. The minimum atomic E-state index is -0.740. The molecule has 2 rings (SSSR count). The van der Waals surface area contributed by atoms with Crippen LogP contribution in [0.4, 0.5) is 15.8 Å². The first-order chi connectivity index (χ1) is 10.1. The van der Waals surface area contributed by atoms with Crippen LogP contribution < -0.4 is 5.32 Å². The Labute approximate surface area is 125 Å². The van der Waals surface area contributed by atoms with Crippen LogP contribution in [0.2, 0.25) is 5.15 Å². The normalized spacial score (nSPS) is 10.2. The third kappa shape index (κ3) is 3.05. The number of carbonyl (C=O) groups excluding carboxylic acids is 1. The smallest absolute Gasteiger partial charge is 0.183 e. The highest BCUT2D eigenvalue weighted by Gasteiger charge is 2.16. The Kier molecular flexibility index (Phi) is 4.59. The summed E-state index contributed by atoms with van der Waals surface area (Å²) in [5, 5.41) is 5.35. The SMILES string of the molecule is Cc1c(C=O)nc(Cl)c(F)c1NCc1ccccc1N=O. The lowest BCUT2D eigenvalue weighted by Gasteiger charge is -2.13. The summed E-state index contributed by atoms with van der Waals surface area (Å²) in [7, 11) is 0. The lowest BCUT2D eigenvalue weighted by atomic mass is 10.1. The zero-order valence-electron chi connectivity index (χ0n) is 11.1. The van der Waals surface area contributed by atoms with Crippen LogP contribution in [0, 0.1) is 17.6 Å². The van der Waals surface area contributed by atoms with Crippen molar-refractivity contribution >= 4 is 29.3 Å². The molecule has 21 heavy (non-hydrogen) atoms. The molecule has 0 saturated heterocycles. The van der Waals surface area contributed by atoms with Crippen LogP contribution in [0.1, 0.15) is 21.6 Å². The summed E-state index contributed by atoms with van der Waals surface area (Å²) in [5.74, 6) is -0.740. The number of nitrogens with one attached hydrogen (secondary N) is 1. The second kappa shape index (κ2) is 6.41. The van der Waals surface area contributed by atoms with E-state index in [1.54, 1.807) is 31.2 Å². The number of hydrogen-bond donors (Lipinski definition) is 1. The number of carbonyl (C=O) groups is 1. The molecule has 0 radical (unpaired) electrons. The minimum absolute atomic E-state index is 0.0608. The van der Waals surface area contributed by atoms with Crippen LogP contribution in [0.5, 0.6) is 0 Å². The molecule has 1 aromatic carbocycles. The Balaban J connectivity index is 2.34. The van der Waals surface area contributed by atoms with E-state index in [1.807, 2.05) is 0 Å². The van der Waals surface area contributed by atoms with Gasteiger partial charge >= 0.3 is 0 Å². The summed E-state index contributed by atoms with van der Waals surface area (Å²) < 4.78 is 14.0. The quantitative estimate of drug-likeness (QED) is 0.515. The van der Waals surface area contributed by atoms with E-state index in [0.29, 0.717) is 17.4 Å². The Morgan fingerprint density at radius 2 is 2.14 bits per heavy atom. The molecule has 0 unspecified atom stereocenters. The van der Waals surface area contributed by atoms with Gasteiger partial charge in [0.1, 0.15) is 11.4 Å². The maximum absolute atomic E-state index is 14.0. The second-order valence-corrected chi connectivity index (χ2v) is 4.65. The molecule has 2 aromatic rings. The van der Waals surface area contributed by atoms with Gasteiger partial charge in [0.25, 0.3) is 0 Å². The number of hydrogen-bond acceptors (Lipinski definition) is 5. The van der Waals surface area contributed by atoms with Gasteiger partial charge in [-0.25, -0.2) is 9.37 Å². The molecule has 0 saturated carbocycles. The van der Waals surface area contributed by atoms with Gasteiger partial charge in [0, 0.05) is 17.7 Å². The minimum Gasteiger partial charge on any atom is -0.378 e. The third-order valence-corrected chi connectivity index (χ3v) is 3.29. The zero-order chi connectivity index (χ0) is 15.4. The average molecular weight is 308 g/mol. The average Bonchev–Trinajstić information content (AvgIpc) is 2.51.